The van der Waals surface area contributed by atoms with Crippen molar-refractivity contribution in [3.05, 3.63) is 42.1 Å². The van der Waals surface area contributed by atoms with Gasteiger partial charge in [-0.15, -0.1) is 0 Å². The number of aromatic nitrogens is 1. The molecule has 2 aromatic rings. The van der Waals surface area contributed by atoms with Gasteiger partial charge in [-0.2, -0.15) is 0 Å². The maximum atomic E-state index is 12.1. The van der Waals surface area contributed by atoms with Crippen LogP contribution in [0.2, 0.25) is 0 Å². The minimum Gasteiger partial charge on any atom is -0.357 e. The highest BCUT2D eigenvalue weighted by molar-refractivity contribution is 7.80. The zero-order valence-electron chi connectivity index (χ0n) is 12.2. The van der Waals surface area contributed by atoms with Crippen LogP contribution in [-0.2, 0) is 0 Å². The SMILES string of the molecule is CC(C)(C)NC(=S)NNC(=O)c1ccc2ncccc2c1. The summed E-state index contributed by atoms with van der Waals surface area (Å²) < 4.78 is 0. The molecule has 1 aromatic carbocycles. The molecule has 0 saturated carbocycles. The molecule has 0 aliphatic heterocycles. The molecule has 1 heterocycles. The number of pyridine rings is 1. The molecule has 21 heavy (non-hydrogen) atoms. The number of hydrogen-bond acceptors (Lipinski definition) is 3. The Kier molecular flexibility index (Phi) is 4.37. The standard InChI is InChI=1S/C15H18N4OS/c1-15(2,3)17-14(21)19-18-13(20)11-6-7-12-10(9-11)5-4-8-16-12/h4-9H,1-3H3,(H,18,20)(H2,17,19,21). The third-order valence-corrected chi connectivity index (χ3v) is 2.85. The lowest BCUT2D eigenvalue weighted by atomic mass is 10.1. The van der Waals surface area contributed by atoms with Crippen LogP contribution >= 0.6 is 12.2 Å². The van der Waals surface area contributed by atoms with Crippen molar-refractivity contribution in [2.24, 2.45) is 0 Å². The quantitative estimate of drug-likeness (QED) is 0.556. The van der Waals surface area contributed by atoms with Gasteiger partial charge in [0.05, 0.1) is 5.52 Å². The van der Waals surface area contributed by atoms with Crippen molar-refractivity contribution in [2.45, 2.75) is 26.3 Å². The minimum atomic E-state index is -0.251. The summed E-state index contributed by atoms with van der Waals surface area (Å²) in [6.07, 6.45) is 1.72. The fourth-order valence-corrected chi connectivity index (χ4v) is 2.13. The lowest BCUT2D eigenvalue weighted by Crippen LogP contribution is -2.52. The van der Waals surface area contributed by atoms with Crippen molar-refractivity contribution in [3.8, 4) is 0 Å². The maximum absolute atomic E-state index is 12.1. The van der Waals surface area contributed by atoms with Gasteiger partial charge in [0, 0.05) is 22.7 Å². The third-order valence-electron chi connectivity index (χ3n) is 2.64. The van der Waals surface area contributed by atoms with Crippen molar-refractivity contribution in [1.29, 1.82) is 0 Å². The minimum absolute atomic E-state index is 0.163. The molecule has 0 fully saturated rings. The van der Waals surface area contributed by atoms with E-state index in [1.54, 1.807) is 18.3 Å². The summed E-state index contributed by atoms with van der Waals surface area (Å²) in [7, 11) is 0. The van der Waals surface area contributed by atoms with Crippen LogP contribution in [0, 0.1) is 0 Å². The summed E-state index contributed by atoms with van der Waals surface area (Å²) in [6, 6.07) is 9.09. The lowest BCUT2D eigenvalue weighted by Gasteiger charge is -2.23. The highest BCUT2D eigenvalue weighted by Gasteiger charge is 2.12. The predicted octanol–water partition coefficient (Wildman–Crippen LogP) is 2.14. The van der Waals surface area contributed by atoms with Gasteiger partial charge in [-0.1, -0.05) is 6.07 Å². The molecular formula is C15H18N4OS. The topological polar surface area (TPSA) is 66.0 Å². The van der Waals surface area contributed by atoms with E-state index in [0.717, 1.165) is 10.9 Å². The Morgan fingerprint density at radius 3 is 2.67 bits per heavy atom. The molecule has 1 amide bonds. The van der Waals surface area contributed by atoms with Gasteiger partial charge in [-0.3, -0.25) is 20.6 Å². The first-order valence-electron chi connectivity index (χ1n) is 6.58. The Morgan fingerprint density at radius 1 is 1.19 bits per heavy atom. The van der Waals surface area contributed by atoms with Crippen LogP contribution < -0.4 is 16.2 Å². The Hall–Kier alpha value is -2.21. The van der Waals surface area contributed by atoms with Crippen LogP contribution in [-0.4, -0.2) is 21.5 Å². The van der Waals surface area contributed by atoms with Crippen molar-refractivity contribution in [3.63, 3.8) is 0 Å². The summed E-state index contributed by atoms with van der Waals surface area (Å²) in [5.41, 5.74) is 6.50. The van der Waals surface area contributed by atoms with Crippen molar-refractivity contribution in [1.82, 2.24) is 21.2 Å². The zero-order chi connectivity index (χ0) is 15.5. The molecule has 0 radical (unpaired) electrons. The highest BCUT2D eigenvalue weighted by Crippen LogP contribution is 2.12. The molecule has 5 nitrogen and oxygen atoms in total. The second-order valence-corrected chi connectivity index (χ2v) is 6.10. The number of hydrazine groups is 1. The number of fused-ring (bicyclic) bond motifs is 1. The smallest absolute Gasteiger partial charge is 0.269 e. The molecule has 0 unspecified atom stereocenters. The molecule has 0 bridgehead atoms. The van der Waals surface area contributed by atoms with Gasteiger partial charge in [-0.05, 0) is 57.3 Å². The van der Waals surface area contributed by atoms with Gasteiger partial charge in [0.2, 0.25) is 0 Å². The Bertz CT molecular complexity index is 679. The molecule has 0 aliphatic rings. The Balaban J connectivity index is 2.00. The summed E-state index contributed by atoms with van der Waals surface area (Å²) in [6.45, 7) is 5.96. The average Bonchev–Trinajstić information content (AvgIpc) is 2.42. The van der Waals surface area contributed by atoms with Crippen LogP contribution in [0.15, 0.2) is 36.5 Å². The number of thiocarbonyl (C=S) groups is 1. The molecule has 0 aliphatic carbocycles. The van der Waals surface area contributed by atoms with Crippen LogP contribution in [0.5, 0.6) is 0 Å². The van der Waals surface area contributed by atoms with E-state index in [1.807, 2.05) is 39.0 Å². The fraction of sp³-hybridized carbons (Fsp3) is 0.267. The van der Waals surface area contributed by atoms with E-state index in [2.05, 4.69) is 21.2 Å². The van der Waals surface area contributed by atoms with E-state index in [4.69, 9.17) is 12.2 Å². The van der Waals surface area contributed by atoms with E-state index in [0.29, 0.717) is 10.7 Å². The monoisotopic (exact) mass is 302 g/mol. The Labute approximate surface area is 129 Å². The number of carbonyl (C=O) groups is 1. The van der Waals surface area contributed by atoms with E-state index >= 15 is 0 Å². The summed E-state index contributed by atoms with van der Waals surface area (Å²) in [4.78, 5) is 16.3. The van der Waals surface area contributed by atoms with Gasteiger partial charge >= 0.3 is 0 Å². The molecule has 0 spiro atoms. The van der Waals surface area contributed by atoms with Crippen LogP contribution in [0.4, 0.5) is 0 Å². The molecule has 3 N–H and O–H groups in total. The number of nitrogens with zero attached hydrogens (tertiary/aromatic N) is 1. The van der Waals surface area contributed by atoms with E-state index in [9.17, 15) is 4.79 Å². The van der Waals surface area contributed by atoms with E-state index < -0.39 is 0 Å². The molecule has 0 saturated heterocycles. The van der Waals surface area contributed by atoms with Gasteiger partial charge in [0.1, 0.15) is 0 Å². The van der Waals surface area contributed by atoms with Crippen LogP contribution in [0.3, 0.4) is 0 Å². The first-order valence-corrected chi connectivity index (χ1v) is 6.99. The largest absolute Gasteiger partial charge is 0.357 e. The first kappa shape index (κ1) is 15.2. The van der Waals surface area contributed by atoms with Crippen molar-refractivity contribution in [2.75, 3.05) is 0 Å². The Morgan fingerprint density at radius 2 is 1.95 bits per heavy atom. The van der Waals surface area contributed by atoms with Gasteiger partial charge < -0.3 is 5.32 Å². The number of nitrogens with one attached hydrogen (secondary N) is 3. The number of hydrogen-bond donors (Lipinski definition) is 3. The van der Waals surface area contributed by atoms with E-state index in [-0.39, 0.29) is 11.4 Å². The molecule has 110 valence electrons. The average molecular weight is 302 g/mol. The number of rotatable bonds is 1. The normalized spacial score (nSPS) is 11.0. The van der Waals surface area contributed by atoms with Gasteiger partial charge in [0.25, 0.3) is 5.91 Å². The van der Waals surface area contributed by atoms with E-state index in [1.165, 1.54) is 0 Å². The van der Waals surface area contributed by atoms with Crippen molar-refractivity contribution >= 4 is 34.1 Å². The highest BCUT2D eigenvalue weighted by atomic mass is 32.1. The lowest BCUT2D eigenvalue weighted by molar-refractivity contribution is 0.0943. The predicted molar refractivity (Wildman–Crippen MR) is 87.8 cm³/mol. The first-order chi connectivity index (χ1) is 9.85. The maximum Gasteiger partial charge on any atom is 0.269 e. The van der Waals surface area contributed by atoms with Crippen LogP contribution in [0.1, 0.15) is 31.1 Å². The third kappa shape index (κ3) is 4.39. The number of carbonyl (C=O) groups excluding carboxylic acids is 1. The van der Waals surface area contributed by atoms with Crippen molar-refractivity contribution < 1.29 is 4.79 Å². The molecular weight excluding hydrogens is 284 g/mol. The second kappa shape index (κ2) is 6.05. The summed E-state index contributed by atoms with van der Waals surface area (Å²) in [5, 5.41) is 4.34. The fourth-order valence-electron chi connectivity index (χ4n) is 1.77. The molecule has 2 rings (SSSR count). The van der Waals surface area contributed by atoms with Crippen LogP contribution in [0.25, 0.3) is 10.9 Å². The molecule has 1 aromatic heterocycles. The summed E-state index contributed by atoms with van der Waals surface area (Å²) >= 11 is 5.10. The zero-order valence-corrected chi connectivity index (χ0v) is 13.0. The molecule has 0 atom stereocenters. The second-order valence-electron chi connectivity index (χ2n) is 5.69. The summed E-state index contributed by atoms with van der Waals surface area (Å²) in [5.74, 6) is -0.251. The van der Waals surface area contributed by atoms with Gasteiger partial charge in [0.15, 0.2) is 5.11 Å². The number of benzene rings is 1. The molecule has 6 heteroatoms. The number of amides is 1. The van der Waals surface area contributed by atoms with Gasteiger partial charge in [-0.25, -0.2) is 0 Å².